The van der Waals surface area contributed by atoms with Crippen LogP contribution in [0, 0.1) is 11.7 Å². The molecule has 0 fully saturated rings. The van der Waals surface area contributed by atoms with Gasteiger partial charge in [0.25, 0.3) is 0 Å². The highest BCUT2D eigenvalue weighted by Gasteiger charge is 2.35. The Bertz CT molecular complexity index is 460. The fourth-order valence-electron chi connectivity index (χ4n) is 2.68. The first-order valence-corrected chi connectivity index (χ1v) is 7.65. The number of halogens is 1. The first-order valence-electron chi connectivity index (χ1n) is 7.65. The van der Waals surface area contributed by atoms with Crippen LogP contribution in [-0.4, -0.2) is 12.1 Å². The molecule has 1 aromatic carbocycles. The van der Waals surface area contributed by atoms with Crippen molar-refractivity contribution in [3.63, 3.8) is 0 Å². The van der Waals surface area contributed by atoms with Crippen LogP contribution in [0.25, 0.3) is 0 Å². The highest BCUT2D eigenvalue weighted by molar-refractivity contribution is 5.39. The lowest BCUT2D eigenvalue weighted by Gasteiger charge is -2.40. The van der Waals surface area contributed by atoms with E-state index in [1.165, 1.54) is 6.07 Å². The average Bonchev–Trinajstić information content (AvgIpc) is 2.39. The van der Waals surface area contributed by atoms with Crippen LogP contribution in [0.5, 0.6) is 5.75 Å². The van der Waals surface area contributed by atoms with Crippen LogP contribution in [-0.2, 0) is 0 Å². The van der Waals surface area contributed by atoms with E-state index in [4.69, 9.17) is 4.74 Å². The molecule has 2 nitrogen and oxygen atoms in total. The van der Waals surface area contributed by atoms with Gasteiger partial charge in [-0.25, -0.2) is 4.39 Å². The monoisotopic (exact) mass is 279 g/mol. The van der Waals surface area contributed by atoms with Gasteiger partial charge in [0.1, 0.15) is 17.2 Å². The zero-order valence-electron chi connectivity index (χ0n) is 13.0. The molecule has 0 saturated heterocycles. The molecule has 0 saturated carbocycles. The number of hydrogen-bond acceptors (Lipinski definition) is 2. The van der Waals surface area contributed by atoms with E-state index in [9.17, 15) is 4.39 Å². The summed E-state index contributed by atoms with van der Waals surface area (Å²) in [4.78, 5) is 0. The van der Waals surface area contributed by atoms with Gasteiger partial charge < -0.3 is 10.1 Å². The quantitative estimate of drug-likeness (QED) is 0.859. The van der Waals surface area contributed by atoms with Crippen molar-refractivity contribution in [3.8, 4) is 5.75 Å². The predicted molar refractivity (Wildman–Crippen MR) is 80.5 cm³/mol. The fourth-order valence-corrected chi connectivity index (χ4v) is 2.68. The Balaban J connectivity index is 2.19. The lowest BCUT2D eigenvalue weighted by molar-refractivity contribution is 0.0439. The van der Waals surface area contributed by atoms with Crippen LogP contribution in [0.2, 0.25) is 0 Å². The summed E-state index contributed by atoms with van der Waals surface area (Å²) in [5.74, 6) is 1.30. The van der Waals surface area contributed by atoms with Crippen molar-refractivity contribution in [1.29, 1.82) is 0 Å². The SMILES string of the molecule is CCC1(C)CC(NCCC(C)C)c2cc(F)ccc2O1. The Hall–Kier alpha value is -1.09. The molecular formula is C17H26FNO. The summed E-state index contributed by atoms with van der Waals surface area (Å²) in [6.45, 7) is 9.67. The molecule has 0 spiro atoms. The van der Waals surface area contributed by atoms with Gasteiger partial charge in [-0.2, -0.15) is 0 Å². The van der Waals surface area contributed by atoms with Crippen molar-refractivity contribution in [2.24, 2.45) is 5.92 Å². The zero-order chi connectivity index (χ0) is 14.8. The summed E-state index contributed by atoms with van der Waals surface area (Å²) in [7, 11) is 0. The summed E-state index contributed by atoms with van der Waals surface area (Å²) in [6, 6.07) is 5.02. The number of hydrogen-bond donors (Lipinski definition) is 1. The number of rotatable bonds is 5. The molecule has 2 rings (SSSR count). The standard InChI is InChI=1S/C17H26FNO/c1-5-17(4)11-15(19-9-8-12(2)3)14-10-13(18)6-7-16(14)20-17/h6-7,10,12,15,19H,5,8-9,11H2,1-4H3. The van der Waals surface area contributed by atoms with E-state index < -0.39 is 0 Å². The number of fused-ring (bicyclic) bond motifs is 1. The second kappa shape index (κ2) is 6.13. The molecule has 0 aliphatic carbocycles. The van der Waals surface area contributed by atoms with E-state index in [2.05, 4.69) is 33.0 Å². The van der Waals surface area contributed by atoms with Gasteiger partial charge >= 0.3 is 0 Å². The largest absolute Gasteiger partial charge is 0.487 e. The lowest BCUT2D eigenvalue weighted by Crippen LogP contribution is -2.41. The van der Waals surface area contributed by atoms with Crippen LogP contribution >= 0.6 is 0 Å². The van der Waals surface area contributed by atoms with Crippen molar-refractivity contribution < 1.29 is 9.13 Å². The van der Waals surface area contributed by atoms with Gasteiger partial charge in [-0.3, -0.25) is 0 Å². The molecule has 2 unspecified atom stereocenters. The topological polar surface area (TPSA) is 21.3 Å². The lowest BCUT2D eigenvalue weighted by atomic mass is 9.86. The molecule has 0 aromatic heterocycles. The minimum atomic E-state index is -0.192. The van der Waals surface area contributed by atoms with E-state index in [1.54, 1.807) is 12.1 Å². The second-order valence-electron chi connectivity index (χ2n) is 6.48. The van der Waals surface area contributed by atoms with E-state index in [0.717, 1.165) is 37.1 Å². The van der Waals surface area contributed by atoms with E-state index >= 15 is 0 Å². The van der Waals surface area contributed by atoms with Crippen LogP contribution in [0.3, 0.4) is 0 Å². The Kier molecular flexibility index (Phi) is 4.69. The van der Waals surface area contributed by atoms with Gasteiger partial charge in [0.05, 0.1) is 0 Å². The van der Waals surface area contributed by atoms with Crippen molar-refractivity contribution in [3.05, 3.63) is 29.6 Å². The van der Waals surface area contributed by atoms with Crippen molar-refractivity contribution >= 4 is 0 Å². The minimum Gasteiger partial charge on any atom is -0.487 e. The number of ether oxygens (including phenoxy) is 1. The molecule has 1 aliphatic heterocycles. The number of benzene rings is 1. The zero-order valence-corrected chi connectivity index (χ0v) is 13.0. The third kappa shape index (κ3) is 3.51. The molecule has 3 heteroatoms. The van der Waals surface area contributed by atoms with E-state index in [1.807, 2.05) is 0 Å². The van der Waals surface area contributed by atoms with Gasteiger partial charge in [-0.05, 0) is 50.4 Å². The molecule has 1 aliphatic rings. The maximum Gasteiger partial charge on any atom is 0.125 e. The molecule has 0 amide bonds. The van der Waals surface area contributed by atoms with Crippen LogP contribution in [0.4, 0.5) is 4.39 Å². The third-order valence-electron chi connectivity index (χ3n) is 4.20. The van der Waals surface area contributed by atoms with Crippen LogP contribution in [0.15, 0.2) is 18.2 Å². The Morgan fingerprint density at radius 2 is 2.20 bits per heavy atom. The van der Waals surface area contributed by atoms with Gasteiger partial charge in [0.15, 0.2) is 0 Å². The second-order valence-corrected chi connectivity index (χ2v) is 6.48. The average molecular weight is 279 g/mol. The summed E-state index contributed by atoms with van der Waals surface area (Å²) in [5, 5.41) is 3.58. The Morgan fingerprint density at radius 3 is 2.85 bits per heavy atom. The first-order chi connectivity index (χ1) is 9.43. The van der Waals surface area contributed by atoms with Gasteiger partial charge in [0.2, 0.25) is 0 Å². The molecule has 0 bridgehead atoms. The van der Waals surface area contributed by atoms with Crippen LogP contribution in [0.1, 0.15) is 58.6 Å². The molecule has 1 heterocycles. The molecule has 1 N–H and O–H groups in total. The molecular weight excluding hydrogens is 253 g/mol. The van der Waals surface area contributed by atoms with Crippen molar-refractivity contribution in [2.75, 3.05) is 6.54 Å². The summed E-state index contributed by atoms with van der Waals surface area (Å²) < 4.78 is 19.6. The van der Waals surface area contributed by atoms with E-state index in [-0.39, 0.29) is 17.5 Å². The molecule has 20 heavy (non-hydrogen) atoms. The van der Waals surface area contributed by atoms with Crippen molar-refractivity contribution in [1.82, 2.24) is 5.32 Å². The van der Waals surface area contributed by atoms with Crippen molar-refractivity contribution in [2.45, 2.75) is 58.6 Å². The Labute approximate surface area is 121 Å². The first kappa shape index (κ1) is 15.3. The molecule has 0 radical (unpaired) electrons. The Morgan fingerprint density at radius 1 is 1.45 bits per heavy atom. The van der Waals surface area contributed by atoms with Gasteiger partial charge in [-0.1, -0.05) is 20.8 Å². The number of nitrogens with one attached hydrogen (secondary N) is 1. The predicted octanol–water partition coefficient (Wildman–Crippen LogP) is 4.45. The summed E-state index contributed by atoms with van der Waals surface area (Å²) in [6.07, 6.45) is 2.97. The minimum absolute atomic E-state index is 0.166. The summed E-state index contributed by atoms with van der Waals surface area (Å²) >= 11 is 0. The normalized spacial score (nSPS) is 25.4. The highest BCUT2D eigenvalue weighted by Crippen LogP contribution is 2.41. The van der Waals surface area contributed by atoms with Gasteiger partial charge in [-0.15, -0.1) is 0 Å². The smallest absolute Gasteiger partial charge is 0.125 e. The van der Waals surface area contributed by atoms with Gasteiger partial charge in [0, 0.05) is 18.0 Å². The molecule has 2 atom stereocenters. The fraction of sp³-hybridized carbons (Fsp3) is 0.647. The maximum absolute atomic E-state index is 13.5. The summed E-state index contributed by atoms with van der Waals surface area (Å²) in [5.41, 5.74) is 0.792. The third-order valence-corrected chi connectivity index (χ3v) is 4.20. The van der Waals surface area contributed by atoms with Crippen LogP contribution < -0.4 is 10.1 Å². The molecule has 1 aromatic rings. The van der Waals surface area contributed by atoms with E-state index in [0.29, 0.717) is 5.92 Å². The molecule has 112 valence electrons. The highest BCUT2D eigenvalue weighted by atomic mass is 19.1. The maximum atomic E-state index is 13.5.